The van der Waals surface area contributed by atoms with Crippen LogP contribution in [-0.4, -0.2) is 16.9 Å². The van der Waals surface area contributed by atoms with Crippen LogP contribution in [0, 0.1) is 5.92 Å². The van der Waals surface area contributed by atoms with E-state index in [1.54, 1.807) is 0 Å². The summed E-state index contributed by atoms with van der Waals surface area (Å²) in [4.78, 5) is 4.45. The number of aromatic nitrogens is 1. The molecule has 1 aliphatic rings. The molecule has 3 rings (SSSR count). The van der Waals surface area contributed by atoms with Crippen molar-refractivity contribution >= 4 is 22.5 Å². The number of fused-ring (bicyclic) bond motifs is 1. The summed E-state index contributed by atoms with van der Waals surface area (Å²) in [5, 5.41) is 4.90. The highest BCUT2D eigenvalue weighted by Gasteiger charge is 2.29. The molecule has 1 aromatic heterocycles. The van der Waals surface area contributed by atoms with Crippen LogP contribution in [-0.2, 0) is 6.54 Å². The summed E-state index contributed by atoms with van der Waals surface area (Å²) in [5.74, 6) is 0.744. The lowest BCUT2D eigenvalue weighted by Gasteiger charge is -2.09. The Labute approximate surface area is 112 Å². The molecule has 1 fully saturated rings. The highest BCUT2D eigenvalue weighted by Crippen LogP contribution is 2.35. The molecule has 1 aliphatic carbocycles. The molecule has 1 aromatic carbocycles. The van der Waals surface area contributed by atoms with Crippen LogP contribution >= 0.6 is 11.6 Å². The summed E-state index contributed by atoms with van der Waals surface area (Å²) >= 11 is 6.26. The van der Waals surface area contributed by atoms with Gasteiger partial charge in [-0.15, -0.1) is 11.6 Å². The molecule has 0 saturated heterocycles. The largest absolute Gasteiger partial charge is 0.311 e. The number of rotatable bonds is 5. The second-order valence-electron chi connectivity index (χ2n) is 5.02. The lowest BCUT2D eigenvalue weighted by molar-refractivity contribution is 0.619. The lowest BCUT2D eigenvalue weighted by atomic mass is 10.1. The van der Waals surface area contributed by atoms with Gasteiger partial charge in [0, 0.05) is 30.0 Å². The summed E-state index contributed by atoms with van der Waals surface area (Å²) < 4.78 is 0. The predicted octanol–water partition coefficient (Wildman–Crippen LogP) is 3.34. The Morgan fingerprint density at radius 2 is 2.17 bits per heavy atom. The van der Waals surface area contributed by atoms with E-state index in [9.17, 15) is 0 Å². The van der Waals surface area contributed by atoms with Crippen LogP contribution in [0.25, 0.3) is 10.9 Å². The van der Waals surface area contributed by atoms with Crippen molar-refractivity contribution in [2.75, 3.05) is 6.54 Å². The highest BCUT2D eigenvalue weighted by molar-refractivity contribution is 6.21. The first-order chi connectivity index (χ1) is 8.83. The molecule has 1 atom stereocenters. The number of benzene rings is 1. The Kier molecular flexibility index (Phi) is 3.48. The number of halogens is 1. The molecular weight excluding hydrogens is 244 g/mol. The third kappa shape index (κ3) is 2.82. The van der Waals surface area contributed by atoms with Gasteiger partial charge in [0.05, 0.1) is 5.52 Å². The average molecular weight is 261 g/mol. The Morgan fingerprint density at radius 1 is 1.33 bits per heavy atom. The fourth-order valence-corrected chi connectivity index (χ4v) is 2.55. The smallest absolute Gasteiger partial charge is 0.0702 e. The van der Waals surface area contributed by atoms with Gasteiger partial charge >= 0.3 is 0 Å². The molecule has 0 amide bonds. The fourth-order valence-electron chi connectivity index (χ4n) is 2.19. The minimum Gasteiger partial charge on any atom is -0.311 e. The second kappa shape index (κ2) is 5.25. The molecule has 0 bridgehead atoms. The first-order valence-electron chi connectivity index (χ1n) is 6.51. The molecule has 2 nitrogen and oxygen atoms in total. The number of hydrogen-bond acceptors (Lipinski definition) is 2. The molecule has 1 heterocycles. The summed E-state index contributed by atoms with van der Waals surface area (Å²) in [6, 6.07) is 10.4. The molecule has 94 valence electrons. The number of alkyl halides is 1. The topological polar surface area (TPSA) is 24.9 Å². The van der Waals surface area contributed by atoms with Crippen LogP contribution in [0.4, 0.5) is 0 Å². The highest BCUT2D eigenvalue weighted by atomic mass is 35.5. The lowest BCUT2D eigenvalue weighted by Crippen LogP contribution is -2.24. The fraction of sp³-hybridized carbons (Fsp3) is 0.400. The van der Waals surface area contributed by atoms with Crippen LogP contribution in [0.1, 0.15) is 18.4 Å². The van der Waals surface area contributed by atoms with Crippen LogP contribution in [0.2, 0.25) is 0 Å². The van der Waals surface area contributed by atoms with E-state index in [-0.39, 0.29) is 0 Å². The average Bonchev–Trinajstić information content (AvgIpc) is 3.23. The van der Waals surface area contributed by atoms with Crippen molar-refractivity contribution in [2.24, 2.45) is 5.92 Å². The van der Waals surface area contributed by atoms with Crippen LogP contribution in [0.15, 0.2) is 36.5 Å². The zero-order valence-electron chi connectivity index (χ0n) is 10.3. The van der Waals surface area contributed by atoms with Gasteiger partial charge in [-0.3, -0.25) is 4.98 Å². The number of para-hydroxylation sites is 1. The van der Waals surface area contributed by atoms with Gasteiger partial charge in [-0.1, -0.05) is 18.2 Å². The molecule has 1 unspecified atom stereocenters. The minimum absolute atomic E-state index is 0.290. The third-order valence-electron chi connectivity index (χ3n) is 3.45. The van der Waals surface area contributed by atoms with Gasteiger partial charge in [0.15, 0.2) is 0 Å². The number of nitrogens with one attached hydrogen (secondary N) is 1. The van der Waals surface area contributed by atoms with Crippen molar-refractivity contribution < 1.29 is 0 Å². The Morgan fingerprint density at radius 3 is 3.00 bits per heavy atom. The third-order valence-corrected chi connectivity index (χ3v) is 3.96. The van der Waals surface area contributed by atoms with Crippen molar-refractivity contribution in [1.82, 2.24) is 10.3 Å². The van der Waals surface area contributed by atoms with Gasteiger partial charge in [-0.05, 0) is 36.5 Å². The Bertz CT molecular complexity index is 537. The number of pyridine rings is 1. The maximum atomic E-state index is 6.26. The molecule has 1 N–H and O–H groups in total. The monoisotopic (exact) mass is 260 g/mol. The first-order valence-corrected chi connectivity index (χ1v) is 6.95. The van der Waals surface area contributed by atoms with E-state index >= 15 is 0 Å². The number of hydrogen-bond donors (Lipinski definition) is 1. The van der Waals surface area contributed by atoms with Crippen molar-refractivity contribution in [3.63, 3.8) is 0 Å². The van der Waals surface area contributed by atoms with Gasteiger partial charge in [-0.2, -0.15) is 0 Å². The molecule has 2 aromatic rings. The van der Waals surface area contributed by atoms with E-state index in [1.807, 2.05) is 24.4 Å². The van der Waals surface area contributed by atoms with Gasteiger partial charge < -0.3 is 5.32 Å². The normalized spacial score (nSPS) is 16.9. The number of nitrogens with zero attached hydrogens (tertiary/aromatic N) is 1. The molecule has 0 aliphatic heterocycles. The van der Waals surface area contributed by atoms with Crippen LogP contribution in [0.5, 0.6) is 0 Å². The van der Waals surface area contributed by atoms with E-state index in [0.717, 1.165) is 24.5 Å². The molecule has 0 radical (unpaired) electrons. The second-order valence-corrected chi connectivity index (χ2v) is 5.58. The van der Waals surface area contributed by atoms with E-state index in [0.29, 0.717) is 5.38 Å². The zero-order chi connectivity index (χ0) is 12.4. The van der Waals surface area contributed by atoms with Crippen LogP contribution in [0.3, 0.4) is 0 Å². The minimum atomic E-state index is 0.290. The summed E-state index contributed by atoms with van der Waals surface area (Å²) in [6.45, 7) is 1.73. The zero-order valence-corrected chi connectivity index (χ0v) is 11.0. The molecular formula is C15H17ClN2. The predicted molar refractivity (Wildman–Crippen MR) is 75.8 cm³/mol. The van der Waals surface area contributed by atoms with Gasteiger partial charge in [0.25, 0.3) is 0 Å². The first kappa shape index (κ1) is 11.9. The SMILES string of the molecule is ClC(CNCc1cnc2ccccc2c1)C1CC1. The molecule has 0 spiro atoms. The van der Waals surface area contributed by atoms with E-state index in [2.05, 4.69) is 22.4 Å². The maximum Gasteiger partial charge on any atom is 0.0702 e. The maximum absolute atomic E-state index is 6.26. The van der Waals surface area contributed by atoms with Crippen molar-refractivity contribution in [2.45, 2.75) is 24.8 Å². The van der Waals surface area contributed by atoms with Gasteiger partial charge in [0.1, 0.15) is 0 Å². The molecule has 3 heteroatoms. The quantitative estimate of drug-likeness (QED) is 0.834. The molecule has 1 saturated carbocycles. The van der Waals surface area contributed by atoms with Crippen LogP contribution < -0.4 is 5.32 Å². The van der Waals surface area contributed by atoms with Crippen molar-refractivity contribution in [1.29, 1.82) is 0 Å². The Balaban J connectivity index is 1.60. The van der Waals surface area contributed by atoms with E-state index in [4.69, 9.17) is 11.6 Å². The summed E-state index contributed by atoms with van der Waals surface area (Å²) in [5.41, 5.74) is 2.27. The molecule has 18 heavy (non-hydrogen) atoms. The Hall–Kier alpha value is -1.12. The van der Waals surface area contributed by atoms with Gasteiger partial charge in [0.2, 0.25) is 0 Å². The summed E-state index contributed by atoms with van der Waals surface area (Å²) in [7, 11) is 0. The van der Waals surface area contributed by atoms with Crippen molar-refractivity contribution in [3.8, 4) is 0 Å². The van der Waals surface area contributed by atoms with E-state index < -0.39 is 0 Å². The summed E-state index contributed by atoms with van der Waals surface area (Å²) in [6.07, 6.45) is 4.54. The van der Waals surface area contributed by atoms with Crippen molar-refractivity contribution in [3.05, 3.63) is 42.1 Å². The van der Waals surface area contributed by atoms with E-state index in [1.165, 1.54) is 23.8 Å². The van der Waals surface area contributed by atoms with Gasteiger partial charge in [-0.25, -0.2) is 0 Å². The standard InChI is InChI=1S/C15H17ClN2/c16-14(12-5-6-12)10-17-8-11-7-13-3-1-2-4-15(13)18-9-11/h1-4,7,9,12,14,17H,5-6,8,10H2.